The van der Waals surface area contributed by atoms with Crippen molar-refractivity contribution >= 4 is 5.69 Å². The SMILES string of the molecule is CCc1[nH+]cccc1N(CC)NC. The Morgan fingerprint density at radius 3 is 2.77 bits per heavy atom. The lowest BCUT2D eigenvalue weighted by Gasteiger charge is -2.21. The number of nitrogens with zero attached hydrogens (tertiary/aromatic N) is 1. The molecular weight excluding hydrogens is 162 g/mol. The van der Waals surface area contributed by atoms with E-state index in [1.165, 1.54) is 11.4 Å². The number of nitrogens with one attached hydrogen (secondary N) is 2. The first kappa shape index (κ1) is 9.99. The summed E-state index contributed by atoms with van der Waals surface area (Å²) in [7, 11) is 1.94. The van der Waals surface area contributed by atoms with E-state index in [-0.39, 0.29) is 0 Å². The van der Waals surface area contributed by atoms with Gasteiger partial charge in [-0.2, -0.15) is 0 Å². The quantitative estimate of drug-likeness (QED) is 0.701. The first-order chi connectivity index (χ1) is 6.33. The van der Waals surface area contributed by atoms with Crippen LogP contribution in [0.2, 0.25) is 0 Å². The number of pyridine rings is 1. The lowest BCUT2D eigenvalue weighted by atomic mass is 10.2. The van der Waals surface area contributed by atoms with Crippen LogP contribution in [-0.4, -0.2) is 13.6 Å². The maximum Gasteiger partial charge on any atom is 0.204 e. The highest BCUT2D eigenvalue weighted by Crippen LogP contribution is 2.13. The molecule has 1 rings (SSSR count). The fraction of sp³-hybridized carbons (Fsp3) is 0.500. The van der Waals surface area contributed by atoms with Gasteiger partial charge in [-0.05, 0) is 13.0 Å². The zero-order valence-corrected chi connectivity index (χ0v) is 8.59. The minimum Gasteiger partial charge on any atom is -0.303 e. The number of hydrogen-bond acceptors (Lipinski definition) is 2. The Morgan fingerprint density at radius 1 is 1.46 bits per heavy atom. The van der Waals surface area contributed by atoms with E-state index in [1.807, 2.05) is 19.3 Å². The predicted octanol–water partition coefficient (Wildman–Crippen LogP) is 1.02. The summed E-state index contributed by atoms with van der Waals surface area (Å²) in [4.78, 5) is 3.25. The van der Waals surface area contributed by atoms with Gasteiger partial charge in [-0.25, -0.2) is 10.4 Å². The third-order valence-electron chi connectivity index (χ3n) is 2.15. The Bertz CT molecular complexity index is 256. The van der Waals surface area contributed by atoms with Crippen LogP contribution in [0.1, 0.15) is 19.5 Å². The third kappa shape index (κ3) is 2.18. The molecule has 1 aromatic rings. The molecule has 0 saturated carbocycles. The summed E-state index contributed by atoms with van der Waals surface area (Å²) in [6.07, 6.45) is 2.99. The second-order valence-corrected chi connectivity index (χ2v) is 2.86. The summed E-state index contributed by atoms with van der Waals surface area (Å²) in [5.41, 5.74) is 5.65. The maximum atomic E-state index is 3.25. The highest BCUT2D eigenvalue weighted by atomic mass is 15.5. The van der Waals surface area contributed by atoms with E-state index in [9.17, 15) is 0 Å². The standard InChI is InChI=1S/C10H17N3/c1-4-9-10(7-6-8-12-9)13(5-2)11-3/h6-8,11H,4-5H2,1-3H3/p+1. The lowest BCUT2D eigenvalue weighted by molar-refractivity contribution is -0.389. The average Bonchev–Trinajstić information content (AvgIpc) is 2.20. The zero-order chi connectivity index (χ0) is 9.68. The van der Waals surface area contributed by atoms with E-state index < -0.39 is 0 Å². The van der Waals surface area contributed by atoms with Gasteiger partial charge in [0, 0.05) is 26.1 Å². The van der Waals surface area contributed by atoms with Gasteiger partial charge in [0.25, 0.3) is 0 Å². The van der Waals surface area contributed by atoms with E-state index in [4.69, 9.17) is 0 Å². The van der Waals surface area contributed by atoms with Crippen molar-refractivity contribution in [3.8, 4) is 0 Å². The number of aryl methyl sites for hydroxylation is 1. The topological polar surface area (TPSA) is 29.4 Å². The highest BCUT2D eigenvalue weighted by molar-refractivity contribution is 5.46. The third-order valence-corrected chi connectivity index (χ3v) is 2.15. The number of hydrogen-bond donors (Lipinski definition) is 1. The molecule has 72 valence electrons. The molecule has 0 amide bonds. The van der Waals surface area contributed by atoms with Crippen molar-refractivity contribution in [1.29, 1.82) is 0 Å². The largest absolute Gasteiger partial charge is 0.303 e. The minimum absolute atomic E-state index is 0.960. The monoisotopic (exact) mass is 180 g/mol. The number of H-pyrrole nitrogens is 1. The average molecular weight is 180 g/mol. The van der Waals surface area contributed by atoms with Crippen molar-refractivity contribution in [2.24, 2.45) is 0 Å². The van der Waals surface area contributed by atoms with Crippen LogP contribution in [-0.2, 0) is 6.42 Å². The molecule has 0 aliphatic carbocycles. The summed E-state index contributed by atoms with van der Waals surface area (Å²) in [5, 5.41) is 2.12. The molecule has 0 aromatic carbocycles. The van der Waals surface area contributed by atoms with Crippen molar-refractivity contribution in [1.82, 2.24) is 5.43 Å². The molecule has 1 aromatic heterocycles. The zero-order valence-electron chi connectivity index (χ0n) is 8.59. The molecule has 2 N–H and O–H groups in total. The Hall–Kier alpha value is -1.09. The fourth-order valence-electron chi connectivity index (χ4n) is 1.45. The summed E-state index contributed by atoms with van der Waals surface area (Å²) in [6, 6.07) is 4.14. The van der Waals surface area contributed by atoms with Crippen LogP contribution in [0.5, 0.6) is 0 Å². The van der Waals surface area contributed by atoms with Gasteiger partial charge in [0.15, 0.2) is 6.20 Å². The Labute approximate surface area is 79.8 Å². The van der Waals surface area contributed by atoms with Gasteiger partial charge in [0.05, 0.1) is 0 Å². The molecule has 0 spiro atoms. The van der Waals surface area contributed by atoms with Crippen LogP contribution in [0.15, 0.2) is 18.3 Å². The molecule has 0 unspecified atom stereocenters. The molecule has 3 heteroatoms. The second kappa shape index (κ2) is 4.82. The maximum absolute atomic E-state index is 3.25. The number of rotatable bonds is 4. The summed E-state index contributed by atoms with van der Waals surface area (Å²) in [6.45, 7) is 5.24. The van der Waals surface area contributed by atoms with Gasteiger partial charge in [-0.15, -0.1) is 0 Å². The van der Waals surface area contributed by atoms with Crippen molar-refractivity contribution in [2.45, 2.75) is 20.3 Å². The number of hydrazine groups is 1. The van der Waals surface area contributed by atoms with Gasteiger partial charge in [-0.3, -0.25) is 0 Å². The Balaban J connectivity index is 2.96. The molecule has 0 radical (unpaired) electrons. The second-order valence-electron chi connectivity index (χ2n) is 2.86. The Morgan fingerprint density at radius 2 is 2.23 bits per heavy atom. The number of aromatic nitrogens is 1. The molecule has 13 heavy (non-hydrogen) atoms. The number of aromatic amines is 1. The molecule has 1 heterocycles. The van der Waals surface area contributed by atoms with Crippen molar-refractivity contribution in [3.63, 3.8) is 0 Å². The smallest absolute Gasteiger partial charge is 0.204 e. The van der Waals surface area contributed by atoms with Crippen LogP contribution < -0.4 is 15.4 Å². The molecule has 0 aliphatic heterocycles. The van der Waals surface area contributed by atoms with Gasteiger partial charge in [-0.1, -0.05) is 6.92 Å². The van der Waals surface area contributed by atoms with Gasteiger partial charge in [0.1, 0.15) is 5.69 Å². The summed E-state index contributed by atoms with van der Waals surface area (Å²) < 4.78 is 0. The summed E-state index contributed by atoms with van der Waals surface area (Å²) in [5.74, 6) is 0. The van der Waals surface area contributed by atoms with Gasteiger partial charge < -0.3 is 5.01 Å². The van der Waals surface area contributed by atoms with Gasteiger partial charge in [0.2, 0.25) is 5.69 Å². The fourth-order valence-corrected chi connectivity index (χ4v) is 1.45. The molecule has 0 fully saturated rings. The summed E-state index contributed by atoms with van der Waals surface area (Å²) >= 11 is 0. The van der Waals surface area contributed by atoms with Crippen LogP contribution in [0.25, 0.3) is 0 Å². The lowest BCUT2D eigenvalue weighted by Crippen LogP contribution is -2.36. The molecule has 0 bridgehead atoms. The molecule has 0 atom stereocenters. The molecule has 3 nitrogen and oxygen atoms in total. The van der Waals surface area contributed by atoms with Crippen molar-refractivity contribution in [2.75, 3.05) is 18.6 Å². The van der Waals surface area contributed by atoms with Crippen molar-refractivity contribution < 1.29 is 4.98 Å². The van der Waals surface area contributed by atoms with Crippen LogP contribution >= 0.6 is 0 Å². The van der Waals surface area contributed by atoms with E-state index in [1.54, 1.807) is 0 Å². The van der Waals surface area contributed by atoms with E-state index in [2.05, 4.69) is 35.3 Å². The highest BCUT2D eigenvalue weighted by Gasteiger charge is 2.11. The van der Waals surface area contributed by atoms with Crippen LogP contribution in [0.4, 0.5) is 5.69 Å². The van der Waals surface area contributed by atoms with Crippen molar-refractivity contribution in [3.05, 3.63) is 24.0 Å². The normalized spacial score (nSPS) is 10.1. The molecule has 0 aliphatic rings. The molecular formula is C10H18N3+. The van der Waals surface area contributed by atoms with Gasteiger partial charge >= 0.3 is 0 Å². The minimum atomic E-state index is 0.960. The van der Waals surface area contributed by atoms with E-state index in [0.717, 1.165) is 13.0 Å². The Kier molecular flexibility index (Phi) is 3.71. The number of anilines is 1. The van der Waals surface area contributed by atoms with E-state index in [0.29, 0.717) is 0 Å². The predicted molar refractivity (Wildman–Crippen MR) is 54.5 cm³/mol. The first-order valence-electron chi connectivity index (χ1n) is 4.78. The van der Waals surface area contributed by atoms with Crippen LogP contribution in [0.3, 0.4) is 0 Å². The molecule has 0 saturated heterocycles. The van der Waals surface area contributed by atoms with E-state index >= 15 is 0 Å². The first-order valence-corrected chi connectivity index (χ1v) is 4.78. The van der Waals surface area contributed by atoms with Crippen LogP contribution in [0, 0.1) is 0 Å².